The highest BCUT2D eigenvalue weighted by Gasteiger charge is 2.21. The minimum absolute atomic E-state index is 0.240. The number of nitriles is 1. The summed E-state index contributed by atoms with van der Waals surface area (Å²) in [6.07, 6.45) is 3.36. The van der Waals surface area contributed by atoms with E-state index in [2.05, 4.69) is 30.8 Å². The Morgan fingerprint density at radius 2 is 1.70 bits per heavy atom. The van der Waals surface area contributed by atoms with Crippen LogP contribution in [0.2, 0.25) is 0 Å². The molecule has 2 N–H and O–H groups in total. The Morgan fingerprint density at radius 1 is 1.00 bits per heavy atom. The lowest BCUT2D eigenvalue weighted by molar-refractivity contribution is 0.0931. The van der Waals surface area contributed by atoms with Crippen LogP contribution in [0.1, 0.15) is 40.9 Å². The van der Waals surface area contributed by atoms with E-state index in [-0.39, 0.29) is 11.3 Å². The van der Waals surface area contributed by atoms with E-state index >= 15 is 0 Å². The molecule has 5 heteroatoms. The number of amides is 1. The van der Waals surface area contributed by atoms with Gasteiger partial charge in [-0.15, -0.1) is 0 Å². The maximum Gasteiger partial charge on any atom is 0.269 e. The molecule has 4 aromatic rings. The average molecular weight is 436 g/mol. The topological polar surface area (TPSA) is 78.1 Å². The van der Waals surface area contributed by atoms with Gasteiger partial charge in [-0.3, -0.25) is 10.2 Å². The monoisotopic (exact) mass is 435 g/mol. The minimum Gasteiger partial charge on any atom is -0.463 e. The quantitative estimate of drug-likeness (QED) is 0.221. The molecule has 0 unspecified atom stereocenters. The number of furan rings is 1. The van der Waals surface area contributed by atoms with Gasteiger partial charge in [0.05, 0.1) is 17.2 Å². The predicted molar refractivity (Wildman–Crippen MR) is 131 cm³/mol. The van der Waals surface area contributed by atoms with Crippen molar-refractivity contribution in [3.05, 3.63) is 107 Å². The van der Waals surface area contributed by atoms with Gasteiger partial charge in [0.1, 0.15) is 11.8 Å². The lowest BCUT2D eigenvalue weighted by Crippen LogP contribution is -2.44. The molecule has 0 bridgehead atoms. The first-order valence-electron chi connectivity index (χ1n) is 10.8. The van der Waals surface area contributed by atoms with Gasteiger partial charge >= 0.3 is 0 Å². The molecule has 0 saturated heterocycles. The van der Waals surface area contributed by atoms with Crippen LogP contribution in [0.3, 0.4) is 0 Å². The molecule has 0 fully saturated rings. The Hall–Kier alpha value is -4.14. The minimum atomic E-state index is -0.250. The number of hydrogen-bond donors (Lipinski definition) is 2. The van der Waals surface area contributed by atoms with Crippen LogP contribution in [0.25, 0.3) is 22.6 Å². The molecular formula is C28H25N3O2. The highest BCUT2D eigenvalue weighted by atomic mass is 16.3. The van der Waals surface area contributed by atoms with Gasteiger partial charge in [-0.1, -0.05) is 86.6 Å². The largest absolute Gasteiger partial charge is 0.463 e. The standard InChI is InChI=1S/C28H25N3O2/c1-28(2,19-30-31-27(32)25-18-33-26-11-7-6-10-24(25)26)23-14-12-21(13-15-23)22(17-29)16-20-8-4-3-5-9-20/h3-16,18,30H,19H2,1-2H3,(H,31,32)/b22-16+. The van der Waals surface area contributed by atoms with Gasteiger partial charge in [-0.2, -0.15) is 5.26 Å². The van der Waals surface area contributed by atoms with Crippen molar-refractivity contribution in [1.29, 1.82) is 5.26 Å². The van der Waals surface area contributed by atoms with Crippen LogP contribution in [-0.4, -0.2) is 12.5 Å². The summed E-state index contributed by atoms with van der Waals surface area (Å²) >= 11 is 0. The van der Waals surface area contributed by atoms with Crippen LogP contribution in [0.4, 0.5) is 0 Å². The first-order valence-corrected chi connectivity index (χ1v) is 10.8. The fourth-order valence-electron chi connectivity index (χ4n) is 3.67. The number of rotatable bonds is 7. The highest BCUT2D eigenvalue weighted by Crippen LogP contribution is 2.25. The van der Waals surface area contributed by atoms with Gasteiger partial charge in [0.15, 0.2) is 0 Å². The normalized spacial score (nSPS) is 11.8. The summed E-state index contributed by atoms with van der Waals surface area (Å²) in [7, 11) is 0. The third-order valence-corrected chi connectivity index (χ3v) is 5.67. The van der Waals surface area contributed by atoms with Crippen LogP contribution in [0.15, 0.2) is 89.5 Å². The van der Waals surface area contributed by atoms with Gasteiger partial charge in [-0.05, 0) is 28.8 Å². The Bertz CT molecular complexity index is 1330. The smallest absolute Gasteiger partial charge is 0.269 e. The zero-order valence-electron chi connectivity index (χ0n) is 18.6. The number of hydrazine groups is 1. The molecule has 5 nitrogen and oxygen atoms in total. The second kappa shape index (κ2) is 9.56. The number of carbonyl (C=O) groups excluding carboxylic acids is 1. The molecule has 0 radical (unpaired) electrons. The number of hydrogen-bond acceptors (Lipinski definition) is 4. The summed E-state index contributed by atoms with van der Waals surface area (Å²) in [5.41, 5.74) is 10.3. The molecule has 1 heterocycles. The van der Waals surface area contributed by atoms with Gasteiger partial charge in [0, 0.05) is 17.3 Å². The summed E-state index contributed by atoms with van der Waals surface area (Å²) in [6.45, 7) is 4.72. The Kier molecular flexibility index (Phi) is 6.39. The second-order valence-electron chi connectivity index (χ2n) is 8.49. The highest BCUT2D eigenvalue weighted by molar-refractivity contribution is 6.05. The molecule has 164 valence electrons. The zero-order valence-corrected chi connectivity index (χ0v) is 18.6. The van der Waals surface area contributed by atoms with Gasteiger partial charge in [-0.25, -0.2) is 5.43 Å². The van der Waals surface area contributed by atoms with Crippen LogP contribution in [0, 0.1) is 11.3 Å². The maximum atomic E-state index is 12.6. The van der Waals surface area contributed by atoms with Crippen molar-refractivity contribution >= 4 is 28.5 Å². The van der Waals surface area contributed by atoms with E-state index in [1.807, 2.05) is 84.9 Å². The summed E-state index contributed by atoms with van der Waals surface area (Å²) in [5.74, 6) is -0.240. The molecular weight excluding hydrogens is 410 g/mol. The Morgan fingerprint density at radius 3 is 2.42 bits per heavy atom. The first kappa shape index (κ1) is 22.1. The molecule has 0 aliphatic heterocycles. The van der Waals surface area contributed by atoms with E-state index in [1.54, 1.807) is 0 Å². The number of para-hydroxylation sites is 1. The van der Waals surface area contributed by atoms with Crippen LogP contribution in [-0.2, 0) is 5.41 Å². The number of fused-ring (bicyclic) bond motifs is 1. The third kappa shape index (κ3) is 5.03. The van der Waals surface area contributed by atoms with Crippen molar-refractivity contribution in [3.8, 4) is 6.07 Å². The second-order valence-corrected chi connectivity index (χ2v) is 8.49. The third-order valence-electron chi connectivity index (χ3n) is 5.67. The van der Waals surface area contributed by atoms with Crippen LogP contribution >= 0.6 is 0 Å². The van der Waals surface area contributed by atoms with Gasteiger partial charge < -0.3 is 4.42 Å². The van der Waals surface area contributed by atoms with Crippen molar-refractivity contribution in [3.63, 3.8) is 0 Å². The van der Waals surface area contributed by atoms with Gasteiger partial charge in [0.25, 0.3) is 5.91 Å². The lowest BCUT2D eigenvalue weighted by atomic mass is 9.84. The molecule has 0 spiro atoms. The molecule has 4 rings (SSSR count). The molecule has 3 aromatic carbocycles. The van der Waals surface area contributed by atoms with E-state index in [0.29, 0.717) is 23.3 Å². The van der Waals surface area contributed by atoms with Crippen LogP contribution < -0.4 is 10.9 Å². The molecule has 1 aromatic heterocycles. The van der Waals surface area contributed by atoms with Gasteiger partial charge in [0.2, 0.25) is 0 Å². The van der Waals surface area contributed by atoms with Crippen molar-refractivity contribution in [2.45, 2.75) is 19.3 Å². The van der Waals surface area contributed by atoms with Crippen molar-refractivity contribution in [2.75, 3.05) is 6.54 Å². The van der Waals surface area contributed by atoms with Crippen LogP contribution in [0.5, 0.6) is 0 Å². The van der Waals surface area contributed by atoms with E-state index < -0.39 is 0 Å². The fraction of sp³-hybridized carbons (Fsp3) is 0.143. The summed E-state index contributed by atoms with van der Waals surface area (Å²) in [6, 6.07) is 27.5. The molecule has 1 amide bonds. The molecule has 0 aliphatic rings. The molecule has 0 aliphatic carbocycles. The SMILES string of the molecule is CC(C)(CNNC(=O)c1coc2ccccc12)c1ccc(/C(C#N)=C/c2ccccc2)cc1. The van der Waals surface area contributed by atoms with Crippen molar-refractivity contribution < 1.29 is 9.21 Å². The number of nitrogens with one attached hydrogen (secondary N) is 2. The van der Waals surface area contributed by atoms with E-state index in [4.69, 9.17) is 4.42 Å². The number of allylic oxidation sites excluding steroid dienone is 1. The zero-order chi connectivity index (χ0) is 23.3. The van der Waals surface area contributed by atoms with Crippen molar-refractivity contribution in [1.82, 2.24) is 10.9 Å². The van der Waals surface area contributed by atoms with E-state index in [0.717, 1.165) is 22.1 Å². The van der Waals surface area contributed by atoms with E-state index in [9.17, 15) is 10.1 Å². The molecule has 0 saturated carbocycles. The van der Waals surface area contributed by atoms with E-state index in [1.165, 1.54) is 6.26 Å². The summed E-state index contributed by atoms with van der Waals surface area (Å²) in [5, 5.41) is 10.4. The fourth-order valence-corrected chi connectivity index (χ4v) is 3.67. The summed E-state index contributed by atoms with van der Waals surface area (Å²) < 4.78 is 5.45. The average Bonchev–Trinajstić information content (AvgIpc) is 3.27. The Balaban J connectivity index is 1.40. The predicted octanol–water partition coefficient (Wildman–Crippen LogP) is 5.71. The number of benzene rings is 3. The summed E-state index contributed by atoms with van der Waals surface area (Å²) in [4.78, 5) is 12.6. The number of nitrogens with zero attached hydrogens (tertiary/aromatic N) is 1. The molecule has 0 atom stereocenters. The molecule has 33 heavy (non-hydrogen) atoms. The number of carbonyl (C=O) groups is 1. The Labute approximate surface area is 193 Å². The first-order chi connectivity index (χ1) is 16.0. The maximum absolute atomic E-state index is 12.6. The lowest BCUT2D eigenvalue weighted by Gasteiger charge is -2.26. The van der Waals surface area contributed by atoms with Crippen molar-refractivity contribution in [2.24, 2.45) is 0 Å².